The van der Waals surface area contributed by atoms with E-state index < -0.39 is 0 Å². The van der Waals surface area contributed by atoms with Gasteiger partial charge < -0.3 is 10.1 Å². The molecule has 0 radical (unpaired) electrons. The van der Waals surface area contributed by atoms with Gasteiger partial charge in [-0.15, -0.1) is 0 Å². The predicted octanol–water partition coefficient (Wildman–Crippen LogP) is 5.39. The van der Waals surface area contributed by atoms with E-state index in [0.717, 1.165) is 27.8 Å². The summed E-state index contributed by atoms with van der Waals surface area (Å²) < 4.78 is 6.83. The van der Waals surface area contributed by atoms with Crippen molar-refractivity contribution in [2.45, 2.75) is 45.6 Å². The highest BCUT2D eigenvalue weighted by Gasteiger charge is 2.20. The number of rotatable bonds is 6. The van der Waals surface area contributed by atoms with Crippen molar-refractivity contribution in [2.24, 2.45) is 0 Å². The smallest absolute Gasteiger partial charge is 0.258 e. The lowest BCUT2D eigenvalue weighted by atomic mass is 9.86. The first kappa shape index (κ1) is 19.5. The highest BCUT2D eigenvalue weighted by Crippen LogP contribution is 2.33. The van der Waals surface area contributed by atoms with Crippen LogP contribution in [0.4, 0.5) is 0 Å². The minimum atomic E-state index is -0.113. The molecule has 0 fully saturated rings. The quantitative estimate of drug-likeness (QED) is 0.701. The Morgan fingerprint density at radius 1 is 1.16 bits per heavy atom. The van der Waals surface area contributed by atoms with Gasteiger partial charge in [-0.1, -0.05) is 74.0 Å². The van der Waals surface area contributed by atoms with Crippen LogP contribution in [0.3, 0.4) is 0 Å². The Kier molecular flexibility index (Phi) is 6.65. The lowest BCUT2D eigenvalue weighted by Gasteiger charge is -2.23. The number of benzene rings is 2. The van der Waals surface area contributed by atoms with E-state index in [1.807, 2.05) is 48.5 Å². The summed E-state index contributed by atoms with van der Waals surface area (Å²) in [5.74, 6) is 0.636. The van der Waals surface area contributed by atoms with Crippen LogP contribution in [0.1, 0.15) is 51.3 Å². The highest BCUT2D eigenvalue weighted by molar-refractivity contribution is 9.10. The van der Waals surface area contributed by atoms with Gasteiger partial charge >= 0.3 is 0 Å². The summed E-state index contributed by atoms with van der Waals surface area (Å²) in [6.07, 6.45) is 0.835. The maximum atomic E-state index is 12.3. The highest BCUT2D eigenvalue weighted by atomic mass is 79.9. The number of carbonyl (C=O) groups is 1. The van der Waals surface area contributed by atoms with Gasteiger partial charge in [0.1, 0.15) is 5.75 Å². The van der Waals surface area contributed by atoms with Gasteiger partial charge in [-0.3, -0.25) is 4.79 Å². The third-order valence-corrected chi connectivity index (χ3v) is 4.55. The third-order valence-electron chi connectivity index (χ3n) is 4.05. The van der Waals surface area contributed by atoms with Gasteiger partial charge in [-0.2, -0.15) is 0 Å². The average molecular weight is 404 g/mol. The first-order chi connectivity index (χ1) is 11.8. The van der Waals surface area contributed by atoms with E-state index >= 15 is 0 Å². The third kappa shape index (κ3) is 5.60. The van der Waals surface area contributed by atoms with E-state index in [4.69, 9.17) is 4.74 Å². The van der Waals surface area contributed by atoms with Gasteiger partial charge in [0.25, 0.3) is 5.91 Å². The lowest BCUT2D eigenvalue weighted by molar-refractivity contribution is -0.123. The van der Waals surface area contributed by atoms with E-state index in [1.54, 1.807) is 0 Å². The second-order valence-electron chi connectivity index (χ2n) is 7.12. The molecule has 1 amide bonds. The van der Waals surface area contributed by atoms with E-state index in [9.17, 15) is 4.79 Å². The van der Waals surface area contributed by atoms with Crippen LogP contribution in [-0.4, -0.2) is 12.5 Å². The van der Waals surface area contributed by atoms with E-state index in [1.165, 1.54) is 0 Å². The van der Waals surface area contributed by atoms with Crippen LogP contribution in [0.2, 0.25) is 0 Å². The molecule has 0 aliphatic carbocycles. The first-order valence-corrected chi connectivity index (χ1v) is 9.37. The van der Waals surface area contributed by atoms with Gasteiger partial charge in [0.05, 0.1) is 6.04 Å². The van der Waals surface area contributed by atoms with Crippen molar-refractivity contribution >= 4 is 21.8 Å². The van der Waals surface area contributed by atoms with Crippen LogP contribution >= 0.6 is 15.9 Å². The summed E-state index contributed by atoms with van der Waals surface area (Å²) in [4.78, 5) is 12.3. The summed E-state index contributed by atoms with van der Waals surface area (Å²) >= 11 is 3.50. The molecule has 3 nitrogen and oxygen atoms in total. The van der Waals surface area contributed by atoms with Crippen molar-refractivity contribution in [1.82, 2.24) is 5.32 Å². The van der Waals surface area contributed by atoms with Crippen LogP contribution in [0.5, 0.6) is 5.75 Å². The molecule has 0 aromatic heterocycles. The van der Waals surface area contributed by atoms with Crippen LogP contribution in [0.25, 0.3) is 0 Å². The van der Waals surface area contributed by atoms with E-state index in [-0.39, 0.29) is 24.0 Å². The fraction of sp³-hybridized carbons (Fsp3) is 0.381. The Bertz CT molecular complexity index is 708. The normalized spacial score (nSPS) is 12.5. The molecule has 0 aliphatic heterocycles. The Balaban J connectivity index is 2.03. The molecule has 1 atom stereocenters. The molecule has 4 heteroatoms. The summed E-state index contributed by atoms with van der Waals surface area (Å²) in [5, 5.41) is 3.05. The molecule has 134 valence electrons. The summed E-state index contributed by atoms with van der Waals surface area (Å²) in [5.41, 5.74) is 2.12. The summed E-state index contributed by atoms with van der Waals surface area (Å²) in [7, 11) is 0. The molecule has 2 rings (SSSR count). The summed E-state index contributed by atoms with van der Waals surface area (Å²) in [6.45, 7) is 8.46. The molecule has 0 saturated carbocycles. The standard InChI is InChI=1S/C21H26BrNO2/c1-5-18(15-9-7-6-8-10-15)23-20(24)14-25-19-12-11-16(22)13-17(19)21(2,3)4/h6-13,18H,5,14H2,1-4H3,(H,23,24). The van der Waals surface area contributed by atoms with Gasteiger partial charge in [0.15, 0.2) is 6.61 Å². The SMILES string of the molecule is CCC(NC(=O)COc1ccc(Br)cc1C(C)(C)C)c1ccccc1. The molecule has 0 heterocycles. The van der Waals surface area contributed by atoms with Gasteiger partial charge in [-0.05, 0) is 35.6 Å². The molecule has 1 N–H and O–H groups in total. The topological polar surface area (TPSA) is 38.3 Å². The average Bonchev–Trinajstić information content (AvgIpc) is 2.58. The Hall–Kier alpha value is -1.81. The Labute approximate surface area is 158 Å². The molecule has 2 aromatic rings. The number of carbonyl (C=O) groups excluding carboxylic acids is 1. The van der Waals surface area contributed by atoms with Crippen LogP contribution in [0, 0.1) is 0 Å². The predicted molar refractivity (Wildman–Crippen MR) is 106 cm³/mol. The van der Waals surface area contributed by atoms with Crippen LogP contribution in [0.15, 0.2) is 53.0 Å². The monoisotopic (exact) mass is 403 g/mol. The fourth-order valence-corrected chi connectivity index (χ4v) is 3.06. The first-order valence-electron chi connectivity index (χ1n) is 8.58. The van der Waals surface area contributed by atoms with Crippen molar-refractivity contribution in [1.29, 1.82) is 0 Å². The zero-order valence-electron chi connectivity index (χ0n) is 15.3. The number of amides is 1. The Morgan fingerprint density at radius 2 is 1.84 bits per heavy atom. The van der Waals surface area contributed by atoms with Gasteiger partial charge in [0, 0.05) is 10.0 Å². The molecule has 0 spiro atoms. The number of hydrogen-bond acceptors (Lipinski definition) is 2. The molecule has 2 aromatic carbocycles. The number of nitrogens with one attached hydrogen (secondary N) is 1. The number of ether oxygens (including phenoxy) is 1. The number of halogens is 1. The molecule has 0 bridgehead atoms. The fourth-order valence-electron chi connectivity index (χ4n) is 2.70. The van der Waals surface area contributed by atoms with Crippen LogP contribution < -0.4 is 10.1 Å². The largest absolute Gasteiger partial charge is 0.483 e. The molecular weight excluding hydrogens is 378 g/mol. The Morgan fingerprint density at radius 3 is 2.44 bits per heavy atom. The van der Waals surface area contributed by atoms with Crippen molar-refractivity contribution < 1.29 is 9.53 Å². The molecular formula is C21H26BrNO2. The van der Waals surface area contributed by atoms with Gasteiger partial charge in [0.2, 0.25) is 0 Å². The minimum absolute atomic E-state index is 0.00399. The van der Waals surface area contributed by atoms with E-state index in [2.05, 4.69) is 48.9 Å². The molecule has 0 saturated heterocycles. The van der Waals surface area contributed by atoms with Crippen molar-refractivity contribution in [3.05, 3.63) is 64.1 Å². The maximum Gasteiger partial charge on any atom is 0.258 e. The summed E-state index contributed by atoms with van der Waals surface area (Å²) in [6, 6.07) is 15.9. The zero-order valence-corrected chi connectivity index (χ0v) is 16.9. The minimum Gasteiger partial charge on any atom is -0.483 e. The van der Waals surface area contributed by atoms with Crippen molar-refractivity contribution in [3.8, 4) is 5.75 Å². The number of hydrogen-bond donors (Lipinski definition) is 1. The van der Waals surface area contributed by atoms with Crippen molar-refractivity contribution in [3.63, 3.8) is 0 Å². The zero-order chi connectivity index (χ0) is 18.4. The van der Waals surface area contributed by atoms with Crippen LogP contribution in [-0.2, 0) is 10.2 Å². The second kappa shape index (κ2) is 8.52. The molecule has 25 heavy (non-hydrogen) atoms. The van der Waals surface area contributed by atoms with Gasteiger partial charge in [-0.25, -0.2) is 0 Å². The second-order valence-corrected chi connectivity index (χ2v) is 8.03. The lowest BCUT2D eigenvalue weighted by Crippen LogP contribution is -2.32. The molecule has 1 unspecified atom stereocenters. The van der Waals surface area contributed by atoms with E-state index in [0.29, 0.717) is 0 Å². The molecule has 0 aliphatic rings. The van der Waals surface area contributed by atoms with Crippen molar-refractivity contribution in [2.75, 3.05) is 6.61 Å². The maximum absolute atomic E-state index is 12.3.